The van der Waals surface area contributed by atoms with Crippen LogP contribution in [-0.2, 0) is 11.2 Å². The second kappa shape index (κ2) is 5.05. The number of halogens is 3. The lowest BCUT2D eigenvalue weighted by atomic mass is 10.0. The van der Waals surface area contributed by atoms with Crippen molar-refractivity contribution in [3.8, 4) is 0 Å². The Balaban J connectivity index is 2.95. The highest BCUT2D eigenvalue weighted by Crippen LogP contribution is 2.26. The maximum Gasteiger partial charge on any atom is 0.264 e. The molecule has 1 aromatic rings. The molecule has 0 radical (unpaired) electrons. The molecule has 1 nitrogen and oxygen atoms in total. The third kappa shape index (κ3) is 2.77. The summed E-state index contributed by atoms with van der Waals surface area (Å²) in [5, 5.41) is 0.287. The molecule has 0 saturated heterocycles. The highest BCUT2D eigenvalue weighted by Gasteiger charge is 2.12. The van der Waals surface area contributed by atoms with Crippen molar-refractivity contribution < 1.29 is 13.6 Å². The van der Waals surface area contributed by atoms with Crippen LogP contribution in [0.5, 0.6) is 0 Å². The molecule has 0 aliphatic heterocycles. The molecule has 4 heteroatoms. The van der Waals surface area contributed by atoms with Gasteiger partial charge in [-0.05, 0) is 24.1 Å². The standard InChI is InChI=1S/C10H9ClF2O/c11-8-4-3-7(2-1-5-14)9(6-8)10(12)13/h3-6,10H,1-2H2. The number of hydrogen-bond acceptors (Lipinski definition) is 1. The van der Waals surface area contributed by atoms with Crippen LogP contribution in [0.25, 0.3) is 0 Å². The number of aryl methyl sites for hydroxylation is 1. The lowest BCUT2D eigenvalue weighted by molar-refractivity contribution is -0.107. The summed E-state index contributed by atoms with van der Waals surface area (Å²) in [5.74, 6) is 0. The van der Waals surface area contributed by atoms with E-state index in [2.05, 4.69) is 0 Å². The molecule has 0 bridgehead atoms. The van der Waals surface area contributed by atoms with Gasteiger partial charge in [-0.1, -0.05) is 17.7 Å². The van der Waals surface area contributed by atoms with Crippen LogP contribution in [0.2, 0.25) is 5.02 Å². The minimum Gasteiger partial charge on any atom is -0.303 e. The Hall–Kier alpha value is -0.960. The quantitative estimate of drug-likeness (QED) is 0.708. The van der Waals surface area contributed by atoms with E-state index in [-0.39, 0.29) is 17.0 Å². The lowest BCUT2D eigenvalue weighted by Crippen LogP contribution is -1.95. The first-order chi connectivity index (χ1) is 6.65. The molecule has 0 spiro atoms. The number of rotatable bonds is 4. The van der Waals surface area contributed by atoms with E-state index >= 15 is 0 Å². The van der Waals surface area contributed by atoms with Crippen molar-refractivity contribution in [2.45, 2.75) is 19.3 Å². The van der Waals surface area contributed by atoms with Crippen molar-refractivity contribution in [2.75, 3.05) is 0 Å². The molecule has 0 atom stereocenters. The number of carbonyl (C=O) groups is 1. The number of aldehydes is 1. The van der Waals surface area contributed by atoms with E-state index in [1.54, 1.807) is 6.07 Å². The molecule has 1 aromatic carbocycles. The third-order valence-corrected chi connectivity index (χ3v) is 2.11. The second-order valence-corrected chi connectivity index (χ2v) is 3.29. The predicted molar refractivity (Wildman–Crippen MR) is 50.8 cm³/mol. The molecule has 0 amide bonds. The molecule has 0 unspecified atom stereocenters. The Morgan fingerprint density at radius 1 is 1.43 bits per heavy atom. The van der Waals surface area contributed by atoms with Crippen LogP contribution in [-0.4, -0.2) is 6.29 Å². The Morgan fingerprint density at radius 3 is 2.71 bits per heavy atom. The third-order valence-electron chi connectivity index (χ3n) is 1.87. The van der Waals surface area contributed by atoms with Crippen LogP contribution in [0.3, 0.4) is 0 Å². The second-order valence-electron chi connectivity index (χ2n) is 2.85. The van der Waals surface area contributed by atoms with Gasteiger partial charge in [0.15, 0.2) is 0 Å². The summed E-state index contributed by atoms with van der Waals surface area (Å²) in [4.78, 5) is 10.1. The molecule has 0 heterocycles. The Bertz CT molecular complexity index is 326. The number of benzene rings is 1. The van der Waals surface area contributed by atoms with E-state index in [0.717, 1.165) is 0 Å². The summed E-state index contributed by atoms with van der Waals surface area (Å²) in [5.41, 5.74) is 0.399. The predicted octanol–water partition coefficient (Wildman–Crippen LogP) is 3.41. The van der Waals surface area contributed by atoms with Crippen molar-refractivity contribution in [2.24, 2.45) is 0 Å². The summed E-state index contributed by atoms with van der Waals surface area (Å²) >= 11 is 5.59. The van der Waals surface area contributed by atoms with Crippen LogP contribution in [0.15, 0.2) is 18.2 Å². The monoisotopic (exact) mass is 218 g/mol. The van der Waals surface area contributed by atoms with E-state index in [1.165, 1.54) is 12.1 Å². The molecule has 14 heavy (non-hydrogen) atoms. The lowest BCUT2D eigenvalue weighted by Gasteiger charge is -2.07. The van der Waals surface area contributed by atoms with Crippen molar-refractivity contribution >= 4 is 17.9 Å². The summed E-state index contributed by atoms with van der Waals surface area (Å²) < 4.78 is 25.0. The molecule has 76 valence electrons. The highest BCUT2D eigenvalue weighted by molar-refractivity contribution is 6.30. The topological polar surface area (TPSA) is 17.1 Å². The zero-order chi connectivity index (χ0) is 10.6. The zero-order valence-electron chi connectivity index (χ0n) is 7.34. The SMILES string of the molecule is O=CCCc1ccc(Cl)cc1C(F)F. The van der Waals surface area contributed by atoms with E-state index < -0.39 is 6.43 Å². The van der Waals surface area contributed by atoms with Crippen LogP contribution in [0, 0.1) is 0 Å². The van der Waals surface area contributed by atoms with E-state index in [1.807, 2.05) is 0 Å². The van der Waals surface area contributed by atoms with Gasteiger partial charge in [-0.25, -0.2) is 8.78 Å². The number of hydrogen-bond donors (Lipinski definition) is 0. The molecular weight excluding hydrogens is 210 g/mol. The fourth-order valence-corrected chi connectivity index (χ4v) is 1.39. The molecule has 0 saturated carbocycles. The van der Waals surface area contributed by atoms with E-state index in [4.69, 9.17) is 11.6 Å². The van der Waals surface area contributed by atoms with Crippen LogP contribution < -0.4 is 0 Å². The number of carbonyl (C=O) groups excluding carboxylic acids is 1. The van der Waals surface area contributed by atoms with Gasteiger partial charge >= 0.3 is 0 Å². The Kier molecular flexibility index (Phi) is 4.01. The minimum atomic E-state index is -2.55. The van der Waals surface area contributed by atoms with Gasteiger partial charge in [-0.15, -0.1) is 0 Å². The normalized spacial score (nSPS) is 10.6. The first-order valence-electron chi connectivity index (χ1n) is 4.15. The van der Waals surface area contributed by atoms with Gasteiger partial charge < -0.3 is 4.79 Å². The molecule has 0 aliphatic rings. The fourth-order valence-electron chi connectivity index (χ4n) is 1.21. The van der Waals surface area contributed by atoms with Gasteiger partial charge in [0.25, 0.3) is 6.43 Å². The molecule has 0 aliphatic carbocycles. The zero-order valence-corrected chi connectivity index (χ0v) is 8.10. The van der Waals surface area contributed by atoms with Crippen molar-refractivity contribution in [3.63, 3.8) is 0 Å². The van der Waals surface area contributed by atoms with Crippen molar-refractivity contribution in [1.29, 1.82) is 0 Å². The van der Waals surface area contributed by atoms with Gasteiger partial charge in [-0.2, -0.15) is 0 Å². The summed E-state index contributed by atoms with van der Waals surface area (Å²) in [6.45, 7) is 0. The largest absolute Gasteiger partial charge is 0.303 e. The van der Waals surface area contributed by atoms with Gasteiger partial charge in [-0.3, -0.25) is 0 Å². The van der Waals surface area contributed by atoms with Gasteiger partial charge in [0.2, 0.25) is 0 Å². The molecular formula is C10H9ClF2O. The fraction of sp³-hybridized carbons (Fsp3) is 0.300. The average molecular weight is 219 g/mol. The first-order valence-corrected chi connectivity index (χ1v) is 4.53. The van der Waals surface area contributed by atoms with Crippen LogP contribution in [0.4, 0.5) is 8.78 Å². The van der Waals surface area contributed by atoms with Crippen molar-refractivity contribution in [3.05, 3.63) is 34.3 Å². The molecule has 0 aromatic heterocycles. The Labute approximate surface area is 85.7 Å². The first kappa shape index (κ1) is 11.1. The minimum absolute atomic E-state index is 0.0839. The van der Waals surface area contributed by atoms with E-state index in [0.29, 0.717) is 18.3 Å². The van der Waals surface area contributed by atoms with Crippen LogP contribution >= 0.6 is 11.6 Å². The highest BCUT2D eigenvalue weighted by atomic mass is 35.5. The maximum absolute atomic E-state index is 12.5. The average Bonchev–Trinajstić information content (AvgIpc) is 2.15. The van der Waals surface area contributed by atoms with Crippen molar-refractivity contribution in [1.82, 2.24) is 0 Å². The summed E-state index contributed by atoms with van der Waals surface area (Å²) in [6.07, 6.45) is -1.25. The molecule has 0 N–H and O–H groups in total. The van der Waals surface area contributed by atoms with Crippen LogP contribution in [0.1, 0.15) is 24.0 Å². The Morgan fingerprint density at radius 2 is 2.14 bits per heavy atom. The molecule has 0 fully saturated rings. The van der Waals surface area contributed by atoms with Gasteiger partial charge in [0.05, 0.1) is 0 Å². The maximum atomic E-state index is 12.5. The summed E-state index contributed by atoms with van der Waals surface area (Å²) in [7, 11) is 0. The van der Waals surface area contributed by atoms with Gasteiger partial charge in [0.1, 0.15) is 6.29 Å². The molecule has 1 rings (SSSR count). The summed E-state index contributed by atoms with van der Waals surface area (Å²) in [6, 6.07) is 4.33. The van der Waals surface area contributed by atoms with Gasteiger partial charge in [0, 0.05) is 17.0 Å². The van der Waals surface area contributed by atoms with E-state index in [9.17, 15) is 13.6 Å². The smallest absolute Gasteiger partial charge is 0.264 e. The number of alkyl halides is 2.